The van der Waals surface area contributed by atoms with Crippen LogP contribution in [-0.4, -0.2) is 12.1 Å². The van der Waals surface area contributed by atoms with Crippen LogP contribution in [0.4, 0.5) is 14.5 Å². The van der Waals surface area contributed by atoms with E-state index in [9.17, 15) is 8.78 Å². The van der Waals surface area contributed by atoms with Crippen molar-refractivity contribution < 1.29 is 13.5 Å². The van der Waals surface area contributed by atoms with E-state index in [4.69, 9.17) is 10.5 Å². The molecule has 0 aliphatic heterocycles. The molecular formula is C12H10F2N2O. The highest BCUT2D eigenvalue weighted by Gasteiger charge is 2.12. The van der Waals surface area contributed by atoms with Crippen molar-refractivity contribution in [2.45, 2.75) is 0 Å². The highest BCUT2D eigenvalue weighted by atomic mass is 19.1. The number of benzene rings is 1. The Morgan fingerprint density at radius 2 is 1.88 bits per heavy atom. The van der Waals surface area contributed by atoms with Crippen LogP contribution in [-0.2, 0) is 0 Å². The molecule has 0 aliphatic rings. The molecule has 2 N–H and O–H groups in total. The van der Waals surface area contributed by atoms with E-state index < -0.39 is 11.6 Å². The number of nitrogens with zero attached hydrogens (tertiary/aromatic N) is 1. The molecule has 5 heteroatoms. The second-order valence-electron chi connectivity index (χ2n) is 3.45. The zero-order chi connectivity index (χ0) is 12.4. The molecule has 17 heavy (non-hydrogen) atoms. The maximum atomic E-state index is 13.6. The lowest BCUT2D eigenvalue weighted by atomic mass is 10.1. The summed E-state index contributed by atoms with van der Waals surface area (Å²) in [5.41, 5.74) is 5.93. The molecule has 3 nitrogen and oxygen atoms in total. The van der Waals surface area contributed by atoms with Crippen LogP contribution in [0.5, 0.6) is 5.88 Å². The third-order valence-electron chi connectivity index (χ3n) is 2.32. The number of nitrogen functional groups attached to an aromatic ring is 1. The molecule has 2 aromatic rings. The molecule has 0 unspecified atom stereocenters. The van der Waals surface area contributed by atoms with Crippen molar-refractivity contribution in [3.05, 3.63) is 42.1 Å². The number of nitrogens with two attached hydrogens (primary N) is 1. The largest absolute Gasteiger partial charge is 0.481 e. The van der Waals surface area contributed by atoms with Crippen molar-refractivity contribution in [3.63, 3.8) is 0 Å². The van der Waals surface area contributed by atoms with E-state index in [1.165, 1.54) is 25.3 Å². The summed E-state index contributed by atoms with van der Waals surface area (Å²) < 4.78 is 32.1. The van der Waals surface area contributed by atoms with E-state index in [0.29, 0.717) is 0 Å². The van der Waals surface area contributed by atoms with Gasteiger partial charge < -0.3 is 10.5 Å². The van der Waals surface area contributed by atoms with Gasteiger partial charge in [-0.25, -0.2) is 13.8 Å². The lowest BCUT2D eigenvalue weighted by Gasteiger charge is -2.07. The predicted molar refractivity (Wildman–Crippen MR) is 60.6 cm³/mol. The Morgan fingerprint density at radius 1 is 1.12 bits per heavy atom. The van der Waals surface area contributed by atoms with Crippen molar-refractivity contribution in [2.24, 2.45) is 0 Å². The van der Waals surface area contributed by atoms with E-state index in [1.807, 2.05) is 0 Å². The van der Waals surface area contributed by atoms with Gasteiger partial charge in [0.2, 0.25) is 5.88 Å². The summed E-state index contributed by atoms with van der Waals surface area (Å²) in [4.78, 5) is 3.69. The first kappa shape index (κ1) is 11.3. The fourth-order valence-corrected chi connectivity index (χ4v) is 1.49. The Bertz CT molecular complexity index is 558. The fourth-order valence-electron chi connectivity index (χ4n) is 1.49. The Labute approximate surface area is 96.9 Å². The number of hydrogen-bond donors (Lipinski definition) is 1. The van der Waals surface area contributed by atoms with Crippen LogP contribution in [0.2, 0.25) is 0 Å². The van der Waals surface area contributed by atoms with Crippen molar-refractivity contribution in [1.29, 1.82) is 0 Å². The normalized spacial score (nSPS) is 10.3. The summed E-state index contributed by atoms with van der Waals surface area (Å²) in [6, 6.07) is 5.40. The molecular weight excluding hydrogens is 226 g/mol. The highest BCUT2D eigenvalue weighted by Crippen LogP contribution is 2.28. The van der Waals surface area contributed by atoms with Gasteiger partial charge in [0.1, 0.15) is 11.6 Å². The monoisotopic (exact) mass is 236 g/mol. The first-order valence-corrected chi connectivity index (χ1v) is 4.86. The quantitative estimate of drug-likeness (QED) is 0.815. The first-order valence-electron chi connectivity index (χ1n) is 4.86. The van der Waals surface area contributed by atoms with Crippen molar-refractivity contribution >= 4 is 5.69 Å². The zero-order valence-electron chi connectivity index (χ0n) is 9.08. The molecule has 0 spiro atoms. The summed E-state index contributed by atoms with van der Waals surface area (Å²) in [6.45, 7) is 0. The van der Waals surface area contributed by atoms with Crippen molar-refractivity contribution in [1.82, 2.24) is 4.98 Å². The number of anilines is 1. The summed E-state index contributed by atoms with van der Waals surface area (Å²) in [7, 11) is 1.41. The highest BCUT2D eigenvalue weighted by molar-refractivity contribution is 5.67. The van der Waals surface area contributed by atoms with Crippen molar-refractivity contribution in [2.75, 3.05) is 12.8 Å². The Morgan fingerprint density at radius 3 is 2.53 bits per heavy atom. The number of pyridine rings is 1. The third kappa shape index (κ3) is 2.18. The zero-order valence-corrected chi connectivity index (χ0v) is 9.08. The minimum Gasteiger partial charge on any atom is -0.481 e. The summed E-state index contributed by atoms with van der Waals surface area (Å²) >= 11 is 0. The van der Waals surface area contributed by atoms with E-state index >= 15 is 0 Å². The Hall–Kier alpha value is -2.17. The molecule has 0 aliphatic carbocycles. The number of rotatable bonds is 2. The van der Waals surface area contributed by atoms with E-state index in [0.717, 1.165) is 12.3 Å². The van der Waals surface area contributed by atoms with Gasteiger partial charge in [-0.2, -0.15) is 0 Å². The van der Waals surface area contributed by atoms with E-state index in [1.54, 1.807) is 0 Å². The molecule has 2 rings (SSSR count). The summed E-state index contributed by atoms with van der Waals surface area (Å²) in [5, 5.41) is 0. The van der Waals surface area contributed by atoms with Gasteiger partial charge in [-0.3, -0.25) is 0 Å². The minimum absolute atomic E-state index is 0.0920. The molecule has 0 atom stereocenters. The minimum atomic E-state index is -0.616. The molecule has 0 amide bonds. The molecule has 0 bridgehead atoms. The van der Waals surface area contributed by atoms with Crippen LogP contribution in [0.15, 0.2) is 30.5 Å². The molecule has 0 fully saturated rings. The average Bonchev–Trinajstić information content (AvgIpc) is 2.30. The Kier molecular flexibility index (Phi) is 2.91. The molecule has 0 saturated heterocycles. The third-order valence-corrected chi connectivity index (χ3v) is 2.32. The summed E-state index contributed by atoms with van der Waals surface area (Å²) in [5.74, 6) is -0.982. The lowest BCUT2D eigenvalue weighted by molar-refractivity contribution is 0.396. The predicted octanol–water partition coefficient (Wildman–Crippen LogP) is 2.62. The number of halogens is 2. The van der Waals surface area contributed by atoms with Gasteiger partial charge in [-0.1, -0.05) is 0 Å². The van der Waals surface area contributed by atoms with Crippen LogP contribution in [0.3, 0.4) is 0 Å². The maximum absolute atomic E-state index is 13.6. The molecule has 1 aromatic carbocycles. The van der Waals surface area contributed by atoms with Crippen LogP contribution in [0.25, 0.3) is 11.1 Å². The van der Waals surface area contributed by atoms with Gasteiger partial charge in [0.15, 0.2) is 0 Å². The molecule has 1 heterocycles. The van der Waals surface area contributed by atoms with Gasteiger partial charge in [-0.05, 0) is 18.2 Å². The van der Waals surface area contributed by atoms with Gasteiger partial charge in [0.05, 0.1) is 13.3 Å². The second-order valence-corrected chi connectivity index (χ2v) is 3.45. The van der Waals surface area contributed by atoms with Crippen LogP contribution in [0, 0.1) is 11.6 Å². The molecule has 1 aromatic heterocycles. The topological polar surface area (TPSA) is 48.1 Å². The molecule has 0 saturated carbocycles. The Balaban J connectivity index is 2.59. The lowest BCUT2D eigenvalue weighted by Crippen LogP contribution is -1.95. The van der Waals surface area contributed by atoms with Gasteiger partial charge in [-0.15, -0.1) is 0 Å². The van der Waals surface area contributed by atoms with E-state index in [-0.39, 0.29) is 22.7 Å². The summed E-state index contributed by atoms with van der Waals surface area (Å²) in [6.07, 6.45) is 0.990. The number of methoxy groups -OCH3 is 1. The number of aromatic nitrogens is 1. The second kappa shape index (κ2) is 4.37. The van der Waals surface area contributed by atoms with Gasteiger partial charge in [0, 0.05) is 22.9 Å². The van der Waals surface area contributed by atoms with Gasteiger partial charge in [0.25, 0.3) is 0 Å². The fraction of sp³-hybridized carbons (Fsp3) is 0.0833. The first-order chi connectivity index (χ1) is 8.11. The van der Waals surface area contributed by atoms with Gasteiger partial charge >= 0.3 is 0 Å². The van der Waals surface area contributed by atoms with E-state index in [2.05, 4.69) is 4.98 Å². The SMILES string of the molecule is COc1cc(-c2ccc(N)cc2F)c(F)cn1. The van der Waals surface area contributed by atoms with Crippen molar-refractivity contribution in [3.8, 4) is 17.0 Å². The number of hydrogen-bond acceptors (Lipinski definition) is 3. The number of ether oxygens (including phenoxy) is 1. The van der Waals surface area contributed by atoms with Crippen LogP contribution < -0.4 is 10.5 Å². The standard InChI is InChI=1S/C12H10F2N2O/c1-17-12-5-9(11(14)6-16-12)8-3-2-7(15)4-10(8)13/h2-6H,15H2,1H3. The molecule has 0 radical (unpaired) electrons. The van der Waals surface area contributed by atoms with Crippen LogP contribution in [0.1, 0.15) is 0 Å². The van der Waals surface area contributed by atoms with Crippen LogP contribution >= 0.6 is 0 Å². The molecule has 88 valence electrons. The maximum Gasteiger partial charge on any atom is 0.213 e. The smallest absolute Gasteiger partial charge is 0.213 e. The average molecular weight is 236 g/mol.